The third kappa shape index (κ3) is 5.26. The quantitative estimate of drug-likeness (QED) is 0.412. The van der Waals surface area contributed by atoms with E-state index < -0.39 is 17.6 Å². The van der Waals surface area contributed by atoms with Crippen molar-refractivity contribution in [3.63, 3.8) is 0 Å². The van der Waals surface area contributed by atoms with Gasteiger partial charge in [0.05, 0.1) is 23.8 Å². The molecule has 0 bridgehead atoms. The van der Waals surface area contributed by atoms with E-state index in [4.69, 9.17) is 9.26 Å². The van der Waals surface area contributed by atoms with E-state index in [1.54, 1.807) is 4.90 Å². The Morgan fingerprint density at radius 1 is 1.06 bits per heavy atom. The number of amides is 1. The molecule has 2 saturated heterocycles. The van der Waals surface area contributed by atoms with Crippen LogP contribution in [0.25, 0.3) is 11.3 Å². The van der Waals surface area contributed by atoms with Crippen molar-refractivity contribution in [2.45, 2.75) is 44.5 Å². The predicted molar refractivity (Wildman–Crippen MR) is 129 cm³/mol. The second kappa shape index (κ2) is 10.3. The fourth-order valence-corrected chi connectivity index (χ4v) is 4.89. The van der Waals surface area contributed by atoms with E-state index in [0.29, 0.717) is 18.2 Å². The minimum absolute atomic E-state index is 0.0109. The first kappa shape index (κ1) is 24.4. The lowest BCUT2D eigenvalue weighted by atomic mass is 10.0. The molecule has 0 radical (unpaired) electrons. The van der Waals surface area contributed by atoms with Gasteiger partial charge in [0.1, 0.15) is 5.69 Å². The summed E-state index contributed by atoms with van der Waals surface area (Å²) in [6.07, 6.45) is -0.964. The number of halogens is 3. The zero-order valence-corrected chi connectivity index (χ0v) is 19.8. The minimum atomic E-state index is -4.53. The SMILES string of the molecule is O=C(c1cccc(C(F)(F)F)c1)N(Cc1c(-c2ccccc2)noc1N1CCCC1)C[C@@H]1CCCO1. The largest absolute Gasteiger partial charge is 0.416 e. The number of hydrogen-bond acceptors (Lipinski definition) is 5. The number of carbonyl (C=O) groups is 1. The average molecular weight is 500 g/mol. The van der Waals surface area contributed by atoms with Crippen molar-refractivity contribution in [3.8, 4) is 11.3 Å². The highest BCUT2D eigenvalue weighted by molar-refractivity contribution is 5.94. The van der Waals surface area contributed by atoms with Gasteiger partial charge in [-0.1, -0.05) is 41.6 Å². The van der Waals surface area contributed by atoms with E-state index in [2.05, 4.69) is 10.1 Å². The minimum Gasteiger partial charge on any atom is -0.376 e. The van der Waals surface area contributed by atoms with Gasteiger partial charge in [-0.15, -0.1) is 0 Å². The number of hydrogen-bond donors (Lipinski definition) is 0. The van der Waals surface area contributed by atoms with E-state index in [1.807, 2.05) is 30.3 Å². The number of benzene rings is 2. The topological polar surface area (TPSA) is 58.8 Å². The van der Waals surface area contributed by atoms with E-state index in [1.165, 1.54) is 12.1 Å². The second-order valence-corrected chi connectivity index (χ2v) is 9.27. The number of nitrogens with zero attached hydrogens (tertiary/aromatic N) is 3. The van der Waals surface area contributed by atoms with E-state index >= 15 is 0 Å². The molecule has 0 aliphatic carbocycles. The summed E-state index contributed by atoms with van der Waals surface area (Å²) in [7, 11) is 0. The molecule has 2 aliphatic heterocycles. The first-order valence-electron chi connectivity index (χ1n) is 12.3. The number of aromatic nitrogens is 1. The lowest BCUT2D eigenvalue weighted by molar-refractivity contribution is -0.137. The zero-order valence-electron chi connectivity index (χ0n) is 19.8. The second-order valence-electron chi connectivity index (χ2n) is 9.27. The summed E-state index contributed by atoms with van der Waals surface area (Å²) in [5.74, 6) is 0.129. The van der Waals surface area contributed by atoms with Gasteiger partial charge in [0.25, 0.3) is 5.91 Å². The van der Waals surface area contributed by atoms with Crippen molar-refractivity contribution in [2.75, 3.05) is 31.1 Å². The molecular weight excluding hydrogens is 471 g/mol. The molecule has 5 rings (SSSR count). The Morgan fingerprint density at radius 2 is 1.83 bits per heavy atom. The monoisotopic (exact) mass is 499 g/mol. The van der Waals surface area contributed by atoms with Crippen LogP contribution in [0.15, 0.2) is 59.1 Å². The van der Waals surface area contributed by atoms with Gasteiger partial charge in [0.2, 0.25) is 5.88 Å². The fourth-order valence-electron chi connectivity index (χ4n) is 4.89. The molecule has 0 N–H and O–H groups in total. The van der Waals surface area contributed by atoms with Crippen LogP contribution in [0, 0.1) is 0 Å². The number of rotatable bonds is 7. The van der Waals surface area contributed by atoms with Crippen molar-refractivity contribution in [1.29, 1.82) is 0 Å². The lowest BCUT2D eigenvalue weighted by Crippen LogP contribution is -2.37. The normalized spacial score (nSPS) is 18.1. The fraction of sp³-hybridized carbons (Fsp3) is 0.407. The molecule has 2 fully saturated rings. The Bertz CT molecular complexity index is 1180. The summed E-state index contributed by atoms with van der Waals surface area (Å²) in [5, 5.41) is 4.36. The van der Waals surface area contributed by atoms with Crippen LogP contribution in [0.2, 0.25) is 0 Å². The molecule has 6 nitrogen and oxygen atoms in total. The first-order valence-corrected chi connectivity index (χ1v) is 12.3. The molecule has 1 atom stereocenters. The van der Waals surface area contributed by atoms with Gasteiger partial charge < -0.3 is 19.1 Å². The van der Waals surface area contributed by atoms with Crippen LogP contribution >= 0.6 is 0 Å². The molecule has 1 aromatic heterocycles. The Hall–Kier alpha value is -3.33. The van der Waals surface area contributed by atoms with E-state index in [-0.39, 0.29) is 24.8 Å². The average Bonchev–Trinajstić information content (AvgIpc) is 3.65. The van der Waals surface area contributed by atoms with Crippen molar-refractivity contribution in [1.82, 2.24) is 10.1 Å². The smallest absolute Gasteiger partial charge is 0.376 e. The van der Waals surface area contributed by atoms with Crippen LogP contribution in [0.1, 0.15) is 47.2 Å². The lowest BCUT2D eigenvalue weighted by Gasteiger charge is -2.27. The summed E-state index contributed by atoms with van der Waals surface area (Å²) in [4.78, 5) is 17.3. The molecule has 3 aromatic rings. The summed E-state index contributed by atoms with van der Waals surface area (Å²) in [6.45, 7) is 2.67. The number of anilines is 1. The molecule has 2 aliphatic rings. The Labute approximate surface area is 207 Å². The van der Waals surface area contributed by atoms with Gasteiger partial charge in [-0.3, -0.25) is 4.79 Å². The molecule has 1 amide bonds. The van der Waals surface area contributed by atoms with Crippen LogP contribution in [-0.4, -0.2) is 48.3 Å². The van der Waals surface area contributed by atoms with Gasteiger partial charge in [-0.2, -0.15) is 13.2 Å². The van der Waals surface area contributed by atoms with Crippen LogP contribution in [0.4, 0.5) is 19.1 Å². The van der Waals surface area contributed by atoms with E-state index in [0.717, 1.165) is 62.0 Å². The van der Waals surface area contributed by atoms with Crippen LogP contribution in [0.5, 0.6) is 0 Å². The summed E-state index contributed by atoms with van der Waals surface area (Å²) >= 11 is 0. The third-order valence-corrected chi connectivity index (χ3v) is 6.73. The molecule has 36 heavy (non-hydrogen) atoms. The van der Waals surface area contributed by atoms with Crippen LogP contribution in [0.3, 0.4) is 0 Å². The van der Waals surface area contributed by atoms with Crippen molar-refractivity contribution < 1.29 is 27.2 Å². The van der Waals surface area contributed by atoms with Gasteiger partial charge in [-0.05, 0) is 43.9 Å². The van der Waals surface area contributed by atoms with Crippen LogP contribution < -0.4 is 4.90 Å². The molecule has 190 valence electrons. The summed E-state index contributed by atoms with van der Waals surface area (Å²) in [5.41, 5.74) is 1.37. The third-order valence-electron chi connectivity index (χ3n) is 6.73. The zero-order chi connectivity index (χ0) is 25.1. The molecular formula is C27H28F3N3O3. The van der Waals surface area contributed by atoms with Gasteiger partial charge >= 0.3 is 6.18 Å². The molecule has 9 heteroatoms. The number of carbonyl (C=O) groups excluding carboxylic acids is 1. The first-order chi connectivity index (χ1) is 17.4. The Balaban J connectivity index is 1.52. The molecule has 0 spiro atoms. The highest BCUT2D eigenvalue weighted by Gasteiger charge is 2.33. The maximum atomic E-state index is 13.7. The van der Waals surface area contributed by atoms with Gasteiger partial charge in [-0.25, -0.2) is 0 Å². The highest BCUT2D eigenvalue weighted by Crippen LogP contribution is 2.35. The van der Waals surface area contributed by atoms with Gasteiger partial charge in [0.15, 0.2) is 0 Å². The van der Waals surface area contributed by atoms with Crippen molar-refractivity contribution >= 4 is 11.8 Å². The predicted octanol–water partition coefficient (Wildman–Crippen LogP) is 5.78. The Kier molecular flexibility index (Phi) is 7.00. The molecule has 2 aromatic carbocycles. The van der Waals surface area contributed by atoms with Crippen molar-refractivity contribution in [2.24, 2.45) is 0 Å². The molecule has 3 heterocycles. The molecule has 0 unspecified atom stereocenters. The number of ether oxygens (including phenoxy) is 1. The van der Waals surface area contributed by atoms with Gasteiger partial charge in [0, 0.05) is 37.4 Å². The highest BCUT2D eigenvalue weighted by atomic mass is 19.4. The molecule has 0 saturated carbocycles. The summed E-state index contributed by atoms with van der Waals surface area (Å²) < 4.78 is 51.7. The van der Waals surface area contributed by atoms with Crippen LogP contribution in [-0.2, 0) is 17.5 Å². The summed E-state index contributed by atoms with van der Waals surface area (Å²) in [6, 6.07) is 14.1. The standard InChI is InChI=1S/C27H28F3N3O3/c28-27(29,30)21-11-6-10-20(16-21)25(34)33(17-22-12-7-15-35-22)18-23-24(19-8-2-1-3-9-19)31-36-26(23)32-13-4-5-14-32/h1-3,6,8-11,16,22H,4-5,7,12-15,17-18H2/t22-/m0/s1. The van der Waals surface area contributed by atoms with Crippen molar-refractivity contribution in [3.05, 3.63) is 71.3 Å². The maximum Gasteiger partial charge on any atom is 0.416 e. The Morgan fingerprint density at radius 3 is 2.53 bits per heavy atom. The number of alkyl halides is 3. The maximum absolute atomic E-state index is 13.7. The van der Waals surface area contributed by atoms with E-state index in [9.17, 15) is 18.0 Å².